The fraction of sp³-hybridized carbons (Fsp3) is 0.600. The smallest absolute Gasteiger partial charge is 0.344 e. The second-order valence-electron chi connectivity index (χ2n) is 2.09. The first-order valence-corrected chi connectivity index (χ1v) is 3.24. The van der Waals surface area contributed by atoms with Crippen LogP contribution in [0.4, 0.5) is 0 Å². The number of nitrogens with one attached hydrogen (secondary N) is 2. The second-order valence-corrected chi connectivity index (χ2v) is 2.09. The van der Waals surface area contributed by atoms with E-state index < -0.39 is 11.4 Å². The minimum atomic E-state index is -0.469. The van der Waals surface area contributed by atoms with Gasteiger partial charge in [-0.1, -0.05) is 0 Å². The van der Waals surface area contributed by atoms with Gasteiger partial charge in [0.25, 0.3) is 0 Å². The zero-order chi connectivity index (χ0) is 8.27. The molecule has 0 saturated carbocycles. The fourth-order valence-electron chi connectivity index (χ4n) is 0.766. The second kappa shape index (κ2) is 3.20. The molecule has 0 unspecified atom stereocenters. The van der Waals surface area contributed by atoms with Crippen LogP contribution in [0.5, 0.6) is 0 Å². The van der Waals surface area contributed by atoms with Crippen LogP contribution in [0.2, 0.25) is 0 Å². The lowest BCUT2D eigenvalue weighted by Gasteiger charge is -1.93. The number of rotatable bonds is 3. The zero-order valence-corrected chi connectivity index (χ0v) is 5.83. The van der Waals surface area contributed by atoms with Crippen molar-refractivity contribution in [2.75, 3.05) is 6.61 Å². The molecule has 1 aromatic rings. The molecule has 1 aromatic heterocycles. The number of nitrogens with zero attached hydrogens (tertiary/aromatic N) is 1. The van der Waals surface area contributed by atoms with Crippen LogP contribution >= 0.6 is 0 Å². The SMILES string of the molecule is O=c1[nH][nH]c(=O)n1CCCO. The number of hydrogen-bond acceptors (Lipinski definition) is 3. The Labute approximate surface area is 61.5 Å². The molecule has 0 bridgehead atoms. The summed E-state index contributed by atoms with van der Waals surface area (Å²) in [4.78, 5) is 21.5. The highest BCUT2D eigenvalue weighted by Gasteiger charge is 1.99. The minimum Gasteiger partial charge on any atom is -0.396 e. The Balaban J connectivity index is 2.84. The van der Waals surface area contributed by atoms with Gasteiger partial charge in [0.1, 0.15) is 0 Å². The van der Waals surface area contributed by atoms with Gasteiger partial charge in [0.15, 0.2) is 0 Å². The first-order valence-electron chi connectivity index (χ1n) is 3.24. The van der Waals surface area contributed by atoms with Crippen molar-refractivity contribution in [3.63, 3.8) is 0 Å². The molecule has 0 saturated heterocycles. The third-order valence-corrected chi connectivity index (χ3v) is 1.31. The van der Waals surface area contributed by atoms with Crippen molar-refractivity contribution >= 4 is 0 Å². The monoisotopic (exact) mass is 159 g/mol. The van der Waals surface area contributed by atoms with E-state index in [0.717, 1.165) is 4.57 Å². The van der Waals surface area contributed by atoms with Gasteiger partial charge in [0.2, 0.25) is 0 Å². The van der Waals surface area contributed by atoms with E-state index in [2.05, 4.69) is 10.2 Å². The molecule has 0 aromatic carbocycles. The largest absolute Gasteiger partial charge is 0.396 e. The molecule has 0 spiro atoms. The van der Waals surface area contributed by atoms with Gasteiger partial charge in [0.05, 0.1) is 0 Å². The van der Waals surface area contributed by atoms with Crippen molar-refractivity contribution in [2.24, 2.45) is 0 Å². The van der Waals surface area contributed by atoms with E-state index in [-0.39, 0.29) is 13.2 Å². The summed E-state index contributed by atoms with van der Waals surface area (Å²) in [6.45, 7) is 0.214. The lowest BCUT2D eigenvalue weighted by molar-refractivity contribution is 0.278. The number of aromatic amines is 2. The maximum absolute atomic E-state index is 10.7. The van der Waals surface area contributed by atoms with Crippen LogP contribution in [0, 0.1) is 0 Å². The predicted molar refractivity (Wildman–Crippen MR) is 37.4 cm³/mol. The molecule has 0 atom stereocenters. The molecule has 0 aliphatic rings. The molecule has 1 heterocycles. The van der Waals surface area contributed by atoms with E-state index in [0.29, 0.717) is 6.42 Å². The van der Waals surface area contributed by atoms with Crippen molar-refractivity contribution in [3.8, 4) is 0 Å². The van der Waals surface area contributed by atoms with E-state index in [1.165, 1.54) is 0 Å². The van der Waals surface area contributed by atoms with Crippen LogP contribution in [0.25, 0.3) is 0 Å². The Morgan fingerprint density at radius 3 is 2.27 bits per heavy atom. The maximum Gasteiger partial charge on any atom is 0.344 e. The minimum absolute atomic E-state index is 0.0307. The number of H-pyrrole nitrogens is 2. The summed E-state index contributed by atoms with van der Waals surface area (Å²) in [5.41, 5.74) is -0.938. The van der Waals surface area contributed by atoms with Crippen molar-refractivity contribution in [1.82, 2.24) is 14.8 Å². The highest BCUT2D eigenvalue weighted by molar-refractivity contribution is 4.64. The summed E-state index contributed by atoms with van der Waals surface area (Å²) in [6, 6.07) is 0. The normalized spacial score (nSPS) is 10.3. The standard InChI is InChI=1S/C5H9N3O3/c9-3-1-2-8-4(10)6-7-5(8)11/h9H,1-3H2,(H,6,10)(H,7,11). The van der Waals surface area contributed by atoms with E-state index in [1.54, 1.807) is 0 Å². The average Bonchev–Trinajstić information content (AvgIpc) is 2.29. The van der Waals surface area contributed by atoms with Crippen molar-refractivity contribution in [3.05, 3.63) is 21.0 Å². The highest BCUT2D eigenvalue weighted by atomic mass is 16.3. The van der Waals surface area contributed by atoms with Crippen LogP contribution in [0.3, 0.4) is 0 Å². The van der Waals surface area contributed by atoms with E-state index in [1.807, 2.05) is 0 Å². The van der Waals surface area contributed by atoms with Gasteiger partial charge in [-0.15, -0.1) is 0 Å². The molecule has 6 heteroatoms. The van der Waals surface area contributed by atoms with Crippen LogP contribution in [-0.4, -0.2) is 26.5 Å². The average molecular weight is 159 g/mol. The molecule has 0 radical (unpaired) electrons. The Morgan fingerprint density at radius 1 is 1.27 bits per heavy atom. The molecule has 6 nitrogen and oxygen atoms in total. The van der Waals surface area contributed by atoms with Gasteiger partial charge in [-0.05, 0) is 6.42 Å². The molecule has 3 N–H and O–H groups in total. The van der Waals surface area contributed by atoms with Gasteiger partial charge in [-0.3, -0.25) is 0 Å². The Morgan fingerprint density at radius 2 is 1.82 bits per heavy atom. The summed E-state index contributed by atoms with van der Waals surface area (Å²) in [7, 11) is 0. The highest BCUT2D eigenvalue weighted by Crippen LogP contribution is 1.77. The molecule has 11 heavy (non-hydrogen) atoms. The number of aliphatic hydroxyl groups excluding tert-OH is 1. The molecule has 0 aliphatic heterocycles. The van der Waals surface area contributed by atoms with Crippen LogP contribution in [0.1, 0.15) is 6.42 Å². The summed E-state index contributed by atoms with van der Waals surface area (Å²) < 4.78 is 0.996. The third-order valence-electron chi connectivity index (χ3n) is 1.31. The van der Waals surface area contributed by atoms with Crippen molar-refractivity contribution < 1.29 is 5.11 Å². The van der Waals surface area contributed by atoms with Crippen LogP contribution in [-0.2, 0) is 6.54 Å². The molecule has 0 aliphatic carbocycles. The molecule has 62 valence electrons. The number of hydrogen-bond donors (Lipinski definition) is 3. The lowest BCUT2D eigenvalue weighted by Crippen LogP contribution is -2.26. The molecular weight excluding hydrogens is 150 g/mol. The van der Waals surface area contributed by atoms with Gasteiger partial charge in [-0.25, -0.2) is 24.4 Å². The molecular formula is C5H9N3O3. The quantitative estimate of drug-likeness (QED) is 0.488. The van der Waals surface area contributed by atoms with Crippen LogP contribution < -0.4 is 11.4 Å². The Kier molecular flexibility index (Phi) is 2.27. The van der Waals surface area contributed by atoms with Gasteiger partial charge >= 0.3 is 11.4 Å². The molecule has 0 fully saturated rings. The molecule has 0 amide bonds. The summed E-state index contributed by atoms with van der Waals surface area (Å²) in [5.74, 6) is 0. The number of aliphatic hydroxyl groups is 1. The molecule has 1 rings (SSSR count). The van der Waals surface area contributed by atoms with Gasteiger partial charge in [0, 0.05) is 13.2 Å². The maximum atomic E-state index is 10.7. The number of aromatic nitrogens is 3. The van der Waals surface area contributed by atoms with Crippen molar-refractivity contribution in [2.45, 2.75) is 13.0 Å². The van der Waals surface area contributed by atoms with E-state index >= 15 is 0 Å². The van der Waals surface area contributed by atoms with E-state index in [4.69, 9.17) is 5.11 Å². The first-order chi connectivity index (χ1) is 5.25. The van der Waals surface area contributed by atoms with E-state index in [9.17, 15) is 9.59 Å². The summed E-state index contributed by atoms with van der Waals surface area (Å²) >= 11 is 0. The predicted octanol–water partition coefficient (Wildman–Crippen LogP) is -1.75. The summed E-state index contributed by atoms with van der Waals surface area (Å²) in [5, 5.41) is 12.7. The van der Waals surface area contributed by atoms with Crippen molar-refractivity contribution in [1.29, 1.82) is 0 Å². The topological polar surface area (TPSA) is 90.9 Å². The zero-order valence-electron chi connectivity index (χ0n) is 5.83. The Bertz CT molecular complexity index is 293. The third kappa shape index (κ3) is 1.58. The Hall–Kier alpha value is -1.30. The summed E-state index contributed by atoms with van der Waals surface area (Å²) in [6.07, 6.45) is 0.404. The van der Waals surface area contributed by atoms with Crippen LogP contribution in [0.15, 0.2) is 9.59 Å². The fourth-order valence-corrected chi connectivity index (χ4v) is 0.766. The van der Waals surface area contributed by atoms with Gasteiger partial charge in [-0.2, -0.15) is 0 Å². The lowest BCUT2D eigenvalue weighted by atomic mass is 10.4. The van der Waals surface area contributed by atoms with Gasteiger partial charge < -0.3 is 5.11 Å². The first kappa shape index (κ1) is 7.80.